The van der Waals surface area contributed by atoms with Crippen molar-refractivity contribution >= 4 is 83.5 Å². The van der Waals surface area contributed by atoms with Gasteiger partial charge < -0.3 is 14.7 Å². The molecule has 6 bridgehead atoms. The summed E-state index contributed by atoms with van der Waals surface area (Å²) in [5.41, 5.74) is 22.9. The molecule has 2 aliphatic carbocycles. The van der Waals surface area contributed by atoms with Gasteiger partial charge in [0.1, 0.15) is 0 Å². The summed E-state index contributed by atoms with van der Waals surface area (Å²) in [7, 11) is 0. The van der Waals surface area contributed by atoms with Crippen LogP contribution in [0.1, 0.15) is 102 Å². The van der Waals surface area contributed by atoms with Crippen LogP contribution in [0.2, 0.25) is 0 Å². The molecule has 0 saturated heterocycles. The van der Waals surface area contributed by atoms with E-state index in [9.17, 15) is 0 Å². The molecule has 0 amide bonds. The molecule has 11 aromatic carbocycles. The van der Waals surface area contributed by atoms with E-state index in [1.165, 1.54) is 99.3 Å². The number of anilines is 9. The minimum Gasteiger partial charge on any atom is -0.310 e. The van der Waals surface area contributed by atoms with Gasteiger partial charge in [0.05, 0.1) is 22.7 Å². The highest BCUT2D eigenvalue weighted by Crippen LogP contribution is 2.59. The van der Waals surface area contributed by atoms with E-state index in [1.807, 2.05) is 0 Å². The predicted octanol–water partition coefficient (Wildman–Crippen LogP) is 20.3. The zero-order valence-corrected chi connectivity index (χ0v) is 44.0. The molecule has 11 aromatic rings. The van der Waals surface area contributed by atoms with Crippen molar-refractivity contribution in [1.82, 2.24) is 0 Å². The van der Waals surface area contributed by atoms with Gasteiger partial charge in [0, 0.05) is 66.6 Å². The second-order valence-corrected chi connectivity index (χ2v) is 23.6. The van der Waals surface area contributed by atoms with Crippen molar-refractivity contribution in [2.24, 2.45) is 0 Å². The predicted molar refractivity (Wildman–Crippen MR) is 316 cm³/mol. The molecule has 14 rings (SSSR count). The van der Waals surface area contributed by atoms with E-state index in [0.717, 1.165) is 39.8 Å². The van der Waals surface area contributed by atoms with Crippen molar-refractivity contribution in [2.45, 2.75) is 84.5 Å². The molecule has 0 atom stereocenters. The molecule has 3 nitrogen and oxygen atoms in total. The summed E-state index contributed by atoms with van der Waals surface area (Å²) >= 11 is 0. The molecule has 0 saturated carbocycles. The third kappa shape index (κ3) is 6.32. The molecule has 0 spiro atoms. The highest BCUT2D eigenvalue weighted by atomic mass is 15.2. The molecule has 360 valence electrons. The SMILES string of the molecule is CC(C)c1ccc(N2c3cccc(c3)N(c3cccc4c3-c3ccccc3C4(C)C)c3cc(c4ccc5cc(C(C)(C)C)cc6ccc3c4c65)N(c3cccc4c3-c3ccccc3C4(C)C)c3cccc2c3)cc1. The fourth-order valence-electron chi connectivity index (χ4n) is 13.3. The van der Waals surface area contributed by atoms with Gasteiger partial charge in [-0.1, -0.05) is 196 Å². The van der Waals surface area contributed by atoms with Crippen LogP contribution in [-0.4, -0.2) is 0 Å². The second-order valence-electron chi connectivity index (χ2n) is 23.6. The van der Waals surface area contributed by atoms with Crippen molar-refractivity contribution in [3.63, 3.8) is 0 Å². The maximum absolute atomic E-state index is 2.61. The summed E-state index contributed by atoms with van der Waals surface area (Å²) in [6, 6.07) is 77.1. The molecule has 0 fully saturated rings. The quantitative estimate of drug-likeness (QED) is 0.163. The van der Waals surface area contributed by atoms with Crippen molar-refractivity contribution in [3.05, 3.63) is 234 Å². The molecule has 0 aromatic heterocycles. The lowest BCUT2D eigenvalue weighted by molar-refractivity contribution is 0.591. The fourth-order valence-corrected chi connectivity index (χ4v) is 13.3. The zero-order chi connectivity index (χ0) is 50.6. The van der Waals surface area contributed by atoms with E-state index in [0.29, 0.717) is 5.92 Å². The molecular formula is C71H61N3. The van der Waals surface area contributed by atoms with Gasteiger partial charge in [-0.2, -0.15) is 0 Å². The Balaban J connectivity index is 1.17. The Morgan fingerprint density at radius 2 is 0.797 bits per heavy atom. The highest BCUT2D eigenvalue weighted by molar-refractivity contribution is 6.29. The minimum atomic E-state index is -0.189. The number of hydrogen-bond acceptors (Lipinski definition) is 3. The standard InChI is InChI=1S/C71H61N3/c1-43(2)44-30-34-48(35-31-44)72-49-18-14-20-51(40-49)73(61-28-16-26-59-67(61)53-22-10-12-24-57(53)70(59,6)7)63-42-64(56-37-33-46-39-47(69(3,4)5)38-45-32-36-55(63)66(56)65(45)46)74(52-21-15-19-50(72)41-52)62-29-17-27-60-68(62)54-23-11-13-25-58(54)71(60,8)9/h10-43H,1-9H3. The number of rotatable bonds is 4. The first kappa shape index (κ1) is 44.6. The summed E-state index contributed by atoms with van der Waals surface area (Å²) in [6.45, 7) is 21.1. The Kier molecular flexibility index (Phi) is 9.44. The minimum absolute atomic E-state index is 0.0158. The third-order valence-electron chi connectivity index (χ3n) is 17.2. The smallest absolute Gasteiger partial charge is 0.0561 e. The van der Waals surface area contributed by atoms with Gasteiger partial charge in [0.15, 0.2) is 0 Å². The molecule has 1 aliphatic heterocycles. The number of nitrogens with zero attached hydrogens (tertiary/aromatic N) is 3. The Morgan fingerprint density at radius 1 is 0.365 bits per heavy atom. The van der Waals surface area contributed by atoms with Gasteiger partial charge in [-0.05, 0) is 139 Å². The third-order valence-corrected chi connectivity index (χ3v) is 17.2. The molecule has 3 aliphatic rings. The van der Waals surface area contributed by atoms with E-state index in [1.54, 1.807) is 0 Å². The largest absolute Gasteiger partial charge is 0.310 e. The van der Waals surface area contributed by atoms with Gasteiger partial charge >= 0.3 is 0 Å². The first-order valence-electron chi connectivity index (χ1n) is 26.6. The van der Waals surface area contributed by atoms with Gasteiger partial charge in [0.25, 0.3) is 0 Å². The van der Waals surface area contributed by atoms with Crippen molar-refractivity contribution in [2.75, 3.05) is 14.7 Å². The van der Waals surface area contributed by atoms with Crippen LogP contribution in [0.4, 0.5) is 51.2 Å². The Bertz CT molecular complexity index is 3880. The van der Waals surface area contributed by atoms with Crippen LogP contribution in [0.15, 0.2) is 200 Å². The number of hydrogen-bond donors (Lipinski definition) is 0. The molecule has 1 heterocycles. The zero-order valence-electron chi connectivity index (χ0n) is 44.0. The second kappa shape index (κ2) is 15.7. The van der Waals surface area contributed by atoms with Crippen molar-refractivity contribution in [1.29, 1.82) is 0 Å². The van der Waals surface area contributed by atoms with Crippen LogP contribution in [0.25, 0.3) is 54.6 Å². The van der Waals surface area contributed by atoms with Gasteiger partial charge in [-0.3, -0.25) is 0 Å². The van der Waals surface area contributed by atoms with E-state index < -0.39 is 0 Å². The van der Waals surface area contributed by atoms with E-state index >= 15 is 0 Å². The molecular weight excluding hydrogens is 895 g/mol. The lowest BCUT2D eigenvalue weighted by Crippen LogP contribution is -2.19. The summed E-state index contributed by atoms with van der Waals surface area (Å²) < 4.78 is 0. The lowest BCUT2D eigenvalue weighted by atomic mass is 9.82. The van der Waals surface area contributed by atoms with Crippen molar-refractivity contribution in [3.8, 4) is 22.3 Å². The molecule has 74 heavy (non-hydrogen) atoms. The Hall–Kier alpha value is -8.14. The molecule has 0 unspecified atom stereocenters. The maximum atomic E-state index is 2.61. The van der Waals surface area contributed by atoms with Crippen LogP contribution in [-0.2, 0) is 16.2 Å². The number of fused-ring (bicyclic) bond motifs is 14. The van der Waals surface area contributed by atoms with E-state index in [4.69, 9.17) is 0 Å². The first-order valence-corrected chi connectivity index (χ1v) is 26.6. The van der Waals surface area contributed by atoms with Crippen molar-refractivity contribution < 1.29 is 0 Å². The summed E-state index contributed by atoms with van der Waals surface area (Å²) in [4.78, 5) is 7.68. The molecule has 0 N–H and O–H groups in total. The Labute approximate surface area is 436 Å². The summed E-state index contributed by atoms with van der Waals surface area (Å²) in [5.74, 6) is 0.419. The van der Waals surface area contributed by atoms with Gasteiger partial charge in [-0.15, -0.1) is 0 Å². The lowest BCUT2D eigenvalue weighted by Gasteiger charge is -2.36. The van der Waals surface area contributed by atoms with Crippen LogP contribution in [0.5, 0.6) is 0 Å². The summed E-state index contributed by atoms with van der Waals surface area (Å²) in [5, 5.41) is 7.55. The van der Waals surface area contributed by atoms with Gasteiger partial charge in [0.2, 0.25) is 0 Å². The molecule has 3 heteroatoms. The normalized spacial score (nSPS) is 15.1. The van der Waals surface area contributed by atoms with Crippen LogP contribution in [0, 0.1) is 0 Å². The molecule has 0 radical (unpaired) electrons. The van der Waals surface area contributed by atoms with Crippen LogP contribution >= 0.6 is 0 Å². The van der Waals surface area contributed by atoms with Crippen LogP contribution in [0.3, 0.4) is 0 Å². The topological polar surface area (TPSA) is 9.72 Å². The maximum Gasteiger partial charge on any atom is 0.0561 e. The van der Waals surface area contributed by atoms with E-state index in [-0.39, 0.29) is 16.2 Å². The first-order chi connectivity index (χ1) is 35.7. The fraction of sp³-hybridized carbons (Fsp3) is 0.183. The van der Waals surface area contributed by atoms with E-state index in [2.05, 4.69) is 277 Å². The summed E-state index contributed by atoms with van der Waals surface area (Å²) in [6.07, 6.45) is 0. The number of benzene rings is 11. The average Bonchev–Trinajstić information content (AvgIpc) is 3.80. The highest BCUT2D eigenvalue weighted by Gasteiger charge is 2.40. The monoisotopic (exact) mass is 955 g/mol. The van der Waals surface area contributed by atoms with Crippen LogP contribution < -0.4 is 14.7 Å². The average molecular weight is 956 g/mol. The van der Waals surface area contributed by atoms with Gasteiger partial charge in [-0.25, -0.2) is 0 Å². The Morgan fingerprint density at radius 3 is 1.26 bits per heavy atom.